The van der Waals surface area contributed by atoms with Crippen LogP contribution >= 0.6 is 0 Å². The second kappa shape index (κ2) is 8.01. The van der Waals surface area contributed by atoms with Crippen molar-refractivity contribution >= 4 is 15.7 Å². The molecule has 0 aromatic heterocycles. The maximum Gasteiger partial charge on any atom is 0.240 e. The number of sulfone groups is 1. The third-order valence-electron chi connectivity index (χ3n) is 5.30. The quantitative estimate of drug-likeness (QED) is 0.831. The van der Waals surface area contributed by atoms with Gasteiger partial charge in [-0.3, -0.25) is 4.79 Å². The number of likely N-dealkylation sites (tertiary alicyclic amines) is 1. The van der Waals surface area contributed by atoms with Crippen LogP contribution in [-0.2, 0) is 14.6 Å². The van der Waals surface area contributed by atoms with E-state index in [9.17, 15) is 17.6 Å². The summed E-state index contributed by atoms with van der Waals surface area (Å²) in [6.45, 7) is 2.41. The first-order valence-electron chi connectivity index (χ1n) is 9.25. The number of benzene rings is 2. The van der Waals surface area contributed by atoms with Crippen molar-refractivity contribution in [1.82, 2.24) is 4.90 Å². The molecule has 1 aliphatic heterocycles. The molecule has 0 spiro atoms. The number of rotatable bonds is 5. The molecule has 1 amide bonds. The van der Waals surface area contributed by atoms with Crippen LogP contribution in [-0.4, -0.2) is 50.8 Å². The van der Waals surface area contributed by atoms with Gasteiger partial charge >= 0.3 is 0 Å². The first-order chi connectivity index (χ1) is 13.2. The lowest BCUT2D eigenvalue weighted by molar-refractivity contribution is -0.132. The summed E-state index contributed by atoms with van der Waals surface area (Å²) in [4.78, 5) is 14.3. The fourth-order valence-corrected chi connectivity index (χ4v) is 4.10. The summed E-state index contributed by atoms with van der Waals surface area (Å²) in [6, 6.07) is 13.6. The molecule has 2 aromatic carbocycles. The molecule has 1 aliphatic rings. The van der Waals surface area contributed by atoms with Gasteiger partial charge in [-0.05, 0) is 35.2 Å². The van der Waals surface area contributed by atoms with Gasteiger partial charge in [0.25, 0.3) is 0 Å². The Morgan fingerprint density at radius 3 is 2.43 bits per heavy atom. The summed E-state index contributed by atoms with van der Waals surface area (Å²) < 4.78 is 36.9. The van der Waals surface area contributed by atoms with Gasteiger partial charge in [-0.15, -0.1) is 0 Å². The van der Waals surface area contributed by atoms with E-state index in [1.54, 1.807) is 18.2 Å². The smallest absolute Gasteiger partial charge is 0.240 e. The zero-order valence-corrected chi connectivity index (χ0v) is 16.8. The Morgan fingerprint density at radius 2 is 1.86 bits per heavy atom. The van der Waals surface area contributed by atoms with Crippen LogP contribution in [0.2, 0.25) is 0 Å². The van der Waals surface area contributed by atoms with Gasteiger partial charge in [-0.2, -0.15) is 0 Å². The molecule has 1 heterocycles. The number of carbonyl (C=O) groups excluding carboxylic acids is 1. The Hall–Kier alpha value is -2.25. The van der Waals surface area contributed by atoms with Crippen molar-refractivity contribution in [2.45, 2.75) is 36.4 Å². The van der Waals surface area contributed by atoms with Crippen molar-refractivity contribution < 1.29 is 17.6 Å². The summed E-state index contributed by atoms with van der Waals surface area (Å²) in [7, 11) is -3.27. The van der Waals surface area contributed by atoms with Crippen molar-refractivity contribution in [1.29, 1.82) is 0 Å². The number of nitrogens with two attached hydrogens (primary N) is 1. The molecule has 0 bridgehead atoms. The third kappa shape index (κ3) is 4.42. The molecule has 3 atom stereocenters. The molecule has 28 heavy (non-hydrogen) atoms. The summed E-state index contributed by atoms with van der Waals surface area (Å²) in [6.07, 6.45) is 0.586. The Bertz CT molecular complexity index is 960. The zero-order chi connectivity index (χ0) is 20.5. The maximum atomic E-state index is 13.4. The lowest BCUT2D eigenvalue weighted by Crippen LogP contribution is -2.45. The molecule has 150 valence electrons. The third-order valence-corrected chi connectivity index (χ3v) is 6.41. The zero-order valence-electron chi connectivity index (χ0n) is 16.0. The van der Waals surface area contributed by atoms with Crippen molar-refractivity contribution in [3.63, 3.8) is 0 Å². The summed E-state index contributed by atoms with van der Waals surface area (Å²) >= 11 is 0. The lowest BCUT2D eigenvalue weighted by Gasteiger charge is -2.25. The highest BCUT2D eigenvalue weighted by Gasteiger charge is 2.32. The molecular weight excluding hydrogens is 379 g/mol. The summed E-state index contributed by atoms with van der Waals surface area (Å²) in [5.74, 6) is -0.444. The second-order valence-corrected chi connectivity index (χ2v) is 9.42. The minimum Gasteiger partial charge on any atom is -0.338 e. The molecule has 1 fully saturated rings. The molecule has 0 saturated carbocycles. The van der Waals surface area contributed by atoms with Crippen molar-refractivity contribution in [2.24, 2.45) is 5.73 Å². The van der Waals surface area contributed by atoms with E-state index in [1.807, 2.05) is 37.3 Å². The van der Waals surface area contributed by atoms with E-state index in [0.29, 0.717) is 13.0 Å². The number of nitrogens with zero attached hydrogens (tertiary/aromatic N) is 1. The molecular formula is C21H25FN2O3S. The minimum atomic E-state index is -3.27. The van der Waals surface area contributed by atoms with Gasteiger partial charge in [0, 0.05) is 18.7 Å². The number of hydrogen-bond donors (Lipinski definition) is 1. The van der Waals surface area contributed by atoms with Crippen LogP contribution in [0.3, 0.4) is 0 Å². The number of alkyl halides is 1. The van der Waals surface area contributed by atoms with E-state index in [2.05, 4.69) is 0 Å². The molecule has 5 nitrogen and oxygen atoms in total. The van der Waals surface area contributed by atoms with E-state index in [1.165, 1.54) is 11.2 Å². The topological polar surface area (TPSA) is 80.5 Å². The van der Waals surface area contributed by atoms with Crippen molar-refractivity contribution in [3.05, 3.63) is 54.1 Å². The number of hydrogen-bond acceptors (Lipinski definition) is 4. The normalized spacial score (nSPS) is 19.4. The van der Waals surface area contributed by atoms with E-state index in [0.717, 1.165) is 16.7 Å². The van der Waals surface area contributed by atoms with Crippen molar-refractivity contribution in [3.8, 4) is 11.1 Å². The van der Waals surface area contributed by atoms with E-state index in [4.69, 9.17) is 5.73 Å². The number of carbonyl (C=O) groups is 1. The lowest BCUT2D eigenvalue weighted by atomic mass is 9.91. The highest BCUT2D eigenvalue weighted by Crippen LogP contribution is 2.27. The fourth-order valence-electron chi connectivity index (χ4n) is 3.44. The molecule has 2 aromatic rings. The van der Waals surface area contributed by atoms with Crippen LogP contribution < -0.4 is 5.73 Å². The van der Waals surface area contributed by atoms with Gasteiger partial charge in [0.1, 0.15) is 6.17 Å². The number of amides is 1. The fraction of sp³-hybridized carbons (Fsp3) is 0.381. The SMILES string of the molecule is C[C@@H](c1ccc(-c2cccc(S(C)(=O)=O)c2)cc1)[C@H](N)C(=O)N1CC[C@H](F)C1. The van der Waals surface area contributed by atoms with Gasteiger partial charge in [0.15, 0.2) is 9.84 Å². The highest BCUT2D eigenvalue weighted by molar-refractivity contribution is 7.90. The first-order valence-corrected chi connectivity index (χ1v) is 11.1. The second-order valence-electron chi connectivity index (χ2n) is 7.41. The predicted molar refractivity (Wildman–Crippen MR) is 107 cm³/mol. The molecule has 2 N–H and O–H groups in total. The van der Waals surface area contributed by atoms with Crippen LogP contribution in [0.4, 0.5) is 4.39 Å². The van der Waals surface area contributed by atoms with Gasteiger partial charge in [-0.25, -0.2) is 12.8 Å². The van der Waals surface area contributed by atoms with E-state index < -0.39 is 22.1 Å². The molecule has 0 aliphatic carbocycles. The maximum absolute atomic E-state index is 13.4. The molecule has 3 rings (SSSR count). The van der Waals surface area contributed by atoms with E-state index in [-0.39, 0.29) is 23.3 Å². The molecule has 1 saturated heterocycles. The Morgan fingerprint density at radius 1 is 1.18 bits per heavy atom. The Kier molecular flexibility index (Phi) is 5.86. The van der Waals surface area contributed by atoms with E-state index >= 15 is 0 Å². The average Bonchev–Trinajstić information content (AvgIpc) is 3.12. The average molecular weight is 405 g/mol. The van der Waals surface area contributed by atoms with Crippen LogP contribution in [0.25, 0.3) is 11.1 Å². The Labute approximate surface area is 165 Å². The van der Waals surface area contributed by atoms with Crippen LogP contribution in [0.15, 0.2) is 53.4 Å². The molecule has 0 radical (unpaired) electrons. The monoisotopic (exact) mass is 404 g/mol. The van der Waals surface area contributed by atoms with Gasteiger partial charge in [0.2, 0.25) is 5.91 Å². The first kappa shape index (κ1) is 20.5. The van der Waals surface area contributed by atoms with Crippen LogP contribution in [0, 0.1) is 0 Å². The van der Waals surface area contributed by atoms with Crippen LogP contribution in [0.1, 0.15) is 24.8 Å². The summed E-state index contributed by atoms with van der Waals surface area (Å²) in [5, 5.41) is 0. The largest absolute Gasteiger partial charge is 0.338 e. The molecule has 0 unspecified atom stereocenters. The highest BCUT2D eigenvalue weighted by atomic mass is 32.2. The van der Waals surface area contributed by atoms with Crippen molar-refractivity contribution in [2.75, 3.05) is 19.3 Å². The van der Waals surface area contributed by atoms with Gasteiger partial charge in [0.05, 0.1) is 17.5 Å². The predicted octanol–water partition coefficient (Wildman–Crippen LogP) is 2.76. The Balaban J connectivity index is 1.76. The minimum absolute atomic E-state index is 0.120. The molecule has 7 heteroatoms. The summed E-state index contributed by atoms with van der Waals surface area (Å²) in [5.41, 5.74) is 8.73. The van der Waals surface area contributed by atoms with Gasteiger partial charge in [-0.1, -0.05) is 43.3 Å². The number of halogens is 1. The van der Waals surface area contributed by atoms with Crippen LogP contribution in [0.5, 0.6) is 0 Å². The standard InChI is InChI=1S/C21H25FN2O3S/c1-14(20(23)21(25)24-11-10-18(22)13-24)15-6-8-16(9-7-15)17-4-3-5-19(12-17)28(2,26)27/h3-9,12,14,18,20H,10-11,13,23H2,1-2H3/t14-,18-,20-/m0/s1. The van der Waals surface area contributed by atoms with Gasteiger partial charge < -0.3 is 10.6 Å².